The highest BCUT2D eigenvalue weighted by Gasteiger charge is 2.59. The summed E-state index contributed by atoms with van der Waals surface area (Å²) in [6.07, 6.45) is 4.11. The zero-order valence-corrected chi connectivity index (χ0v) is 17.0. The highest BCUT2D eigenvalue weighted by atomic mass is 79.9. The van der Waals surface area contributed by atoms with Crippen LogP contribution in [0.15, 0.2) is 18.2 Å². The predicted octanol–water partition coefficient (Wildman–Crippen LogP) is 3.83. The second kappa shape index (κ2) is 6.83. The van der Waals surface area contributed by atoms with Crippen LogP contribution in [-0.4, -0.2) is 35.7 Å². The Balaban J connectivity index is 1.60. The maximum atomic E-state index is 11.7. The molecule has 0 radical (unpaired) electrons. The minimum Gasteiger partial charge on any atom is -0.497 e. The van der Waals surface area contributed by atoms with E-state index in [-0.39, 0.29) is 22.8 Å². The number of ether oxygens (including phenoxy) is 2. The third-order valence-corrected chi connectivity index (χ3v) is 7.74. The van der Waals surface area contributed by atoms with Crippen LogP contribution >= 0.6 is 15.9 Å². The molecule has 0 heterocycles. The summed E-state index contributed by atoms with van der Waals surface area (Å²) in [7, 11) is 1.72. The molecule has 0 spiro atoms. The van der Waals surface area contributed by atoms with Gasteiger partial charge in [0.2, 0.25) is 0 Å². The quantitative estimate of drug-likeness (QED) is 0.593. The molecule has 6 atom stereocenters. The third-order valence-electron chi connectivity index (χ3n) is 7.28. The zero-order valence-electron chi connectivity index (χ0n) is 15.4. The molecule has 26 heavy (non-hydrogen) atoms. The summed E-state index contributed by atoms with van der Waals surface area (Å²) >= 11 is 3.15. The second-order valence-electron chi connectivity index (χ2n) is 8.37. The molecule has 142 valence electrons. The van der Waals surface area contributed by atoms with Gasteiger partial charge in [0.1, 0.15) is 17.2 Å². The van der Waals surface area contributed by atoms with Crippen LogP contribution in [0.5, 0.6) is 5.75 Å². The third kappa shape index (κ3) is 2.78. The highest BCUT2D eigenvalue weighted by molar-refractivity contribution is 9.09. The number of carbonyl (C=O) groups excluding carboxylic acids is 1. The Morgan fingerprint density at radius 3 is 2.92 bits per heavy atom. The maximum absolute atomic E-state index is 11.7. The first kappa shape index (κ1) is 18.3. The normalized spacial score (nSPS) is 38.1. The summed E-state index contributed by atoms with van der Waals surface area (Å²) in [5, 5.41) is 11.1. The lowest BCUT2D eigenvalue weighted by atomic mass is 9.55. The molecule has 4 rings (SSSR count). The maximum Gasteiger partial charge on any atom is 0.316 e. The molecule has 1 aromatic rings. The van der Waals surface area contributed by atoms with E-state index in [0.29, 0.717) is 17.8 Å². The van der Waals surface area contributed by atoms with Crippen LogP contribution in [0.1, 0.15) is 49.7 Å². The molecule has 1 aromatic carbocycles. The second-order valence-corrected chi connectivity index (χ2v) is 8.93. The van der Waals surface area contributed by atoms with E-state index in [1.165, 1.54) is 11.1 Å². The fourth-order valence-electron chi connectivity index (χ4n) is 5.96. The molecule has 1 N–H and O–H groups in total. The first-order valence-corrected chi connectivity index (χ1v) is 10.7. The molecule has 5 heteroatoms. The zero-order chi connectivity index (χ0) is 18.5. The number of benzene rings is 1. The van der Waals surface area contributed by atoms with E-state index in [1.807, 2.05) is 0 Å². The molecule has 3 aliphatic rings. The van der Waals surface area contributed by atoms with Crippen molar-refractivity contribution < 1.29 is 19.4 Å². The van der Waals surface area contributed by atoms with Gasteiger partial charge in [-0.1, -0.05) is 28.9 Å². The number of rotatable bonds is 3. The Labute approximate surface area is 163 Å². The van der Waals surface area contributed by atoms with Gasteiger partial charge in [0.05, 0.1) is 13.2 Å². The number of methoxy groups -OCH3 is 1. The van der Waals surface area contributed by atoms with Crippen molar-refractivity contribution in [2.24, 2.45) is 17.3 Å². The van der Waals surface area contributed by atoms with Gasteiger partial charge in [0, 0.05) is 5.41 Å². The molecule has 0 aliphatic heterocycles. The van der Waals surface area contributed by atoms with Gasteiger partial charge < -0.3 is 14.6 Å². The Morgan fingerprint density at radius 2 is 2.19 bits per heavy atom. The average molecular weight is 423 g/mol. The number of esters is 1. The summed E-state index contributed by atoms with van der Waals surface area (Å²) in [5.74, 6) is 2.15. The molecular formula is C21H27BrO4. The van der Waals surface area contributed by atoms with Gasteiger partial charge in [-0.3, -0.25) is 4.79 Å². The number of aliphatic hydroxyl groups is 1. The largest absolute Gasteiger partial charge is 0.497 e. The fourth-order valence-corrected chi connectivity index (χ4v) is 6.09. The first-order valence-electron chi connectivity index (χ1n) is 9.58. The van der Waals surface area contributed by atoms with E-state index in [4.69, 9.17) is 9.47 Å². The molecule has 3 aliphatic carbocycles. The lowest BCUT2D eigenvalue weighted by Crippen LogP contribution is -2.45. The molecule has 0 amide bonds. The molecular weight excluding hydrogens is 396 g/mol. The van der Waals surface area contributed by atoms with E-state index in [9.17, 15) is 9.90 Å². The smallest absolute Gasteiger partial charge is 0.316 e. The fraction of sp³-hybridized carbons (Fsp3) is 0.667. The Bertz CT molecular complexity index is 705. The van der Waals surface area contributed by atoms with Crippen molar-refractivity contribution in [3.05, 3.63) is 29.3 Å². The van der Waals surface area contributed by atoms with Crippen LogP contribution in [0, 0.1) is 17.3 Å². The molecule has 2 saturated carbocycles. The summed E-state index contributed by atoms with van der Waals surface area (Å²) in [5.41, 5.74) is 2.72. The number of fused-ring (bicyclic) bond motifs is 5. The number of aliphatic hydroxyl groups excluding tert-OH is 1. The van der Waals surface area contributed by atoms with Crippen LogP contribution in [0.2, 0.25) is 0 Å². The van der Waals surface area contributed by atoms with E-state index >= 15 is 0 Å². The van der Waals surface area contributed by atoms with Crippen LogP contribution < -0.4 is 4.74 Å². The number of carbonyl (C=O) groups is 1. The number of aryl methyl sites for hydroxylation is 1. The lowest BCUT2D eigenvalue weighted by Gasteiger charge is -2.49. The molecule has 0 unspecified atom stereocenters. The minimum absolute atomic E-state index is 0.150. The van der Waals surface area contributed by atoms with Crippen molar-refractivity contribution in [2.75, 3.05) is 12.4 Å². The molecule has 0 saturated heterocycles. The van der Waals surface area contributed by atoms with Crippen molar-refractivity contribution in [3.8, 4) is 5.75 Å². The average Bonchev–Trinajstić information content (AvgIpc) is 2.91. The Hall–Kier alpha value is -1.07. The van der Waals surface area contributed by atoms with Gasteiger partial charge in [0.25, 0.3) is 0 Å². The summed E-state index contributed by atoms with van der Waals surface area (Å²) < 4.78 is 10.9. The van der Waals surface area contributed by atoms with Crippen molar-refractivity contribution in [1.82, 2.24) is 0 Å². The topological polar surface area (TPSA) is 55.8 Å². The van der Waals surface area contributed by atoms with Gasteiger partial charge in [-0.15, -0.1) is 0 Å². The van der Waals surface area contributed by atoms with Gasteiger partial charge in [0.15, 0.2) is 0 Å². The van der Waals surface area contributed by atoms with Crippen LogP contribution in [0.25, 0.3) is 0 Å². The van der Waals surface area contributed by atoms with E-state index < -0.39 is 6.10 Å². The number of hydrogen-bond acceptors (Lipinski definition) is 4. The minimum atomic E-state index is -0.561. The molecule has 2 fully saturated rings. The summed E-state index contributed by atoms with van der Waals surface area (Å²) in [6, 6.07) is 6.49. The van der Waals surface area contributed by atoms with E-state index in [2.05, 4.69) is 41.1 Å². The van der Waals surface area contributed by atoms with Crippen molar-refractivity contribution in [1.29, 1.82) is 0 Å². The number of halogens is 1. The number of alkyl halides is 1. The van der Waals surface area contributed by atoms with Crippen LogP contribution in [0.3, 0.4) is 0 Å². The van der Waals surface area contributed by atoms with Crippen molar-refractivity contribution >= 4 is 21.9 Å². The van der Waals surface area contributed by atoms with E-state index in [1.54, 1.807) is 7.11 Å². The molecule has 4 nitrogen and oxygen atoms in total. The van der Waals surface area contributed by atoms with Gasteiger partial charge in [-0.25, -0.2) is 0 Å². The summed E-state index contributed by atoms with van der Waals surface area (Å²) in [4.78, 5) is 11.7. The SMILES string of the molecule is COc1ccc2c(c1)CC[C@@H]1[C@@H]2CC[C@]2(C)[C@@H](O)[C@H](OC(=O)CBr)C[C@@H]12. The number of hydrogen-bond donors (Lipinski definition) is 1. The van der Waals surface area contributed by atoms with Gasteiger partial charge >= 0.3 is 5.97 Å². The van der Waals surface area contributed by atoms with Gasteiger partial charge in [-0.05, 0) is 73.1 Å². The lowest BCUT2D eigenvalue weighted by molar-refractivity contribution is -0.152. The molecule has 0 bridgehead atoms. The van der Waals surface area contributed by atoms with Crippen LogP contribution in [-0.2, 0) is 16.0 Å². The first-order chi connectivity index (χ1) is 12.5. The highest BCUT2D eigenvalue weighted by Crippen LogP contribution is 2.61. The van der Waals surface area contributed by atoms with E-state index in [0.717, 1.165) is 37.9 Å². The van der Waals surface area contributed by atoms with Crippen molar-refractivity contribution in [3.63, 3.8) is 0 Å². The standard InChI is InChI=1S/C21H27BrO4/c1-21-8-7-15-14-6-4-13(25-2)9-12(14)3-5-16(15)17(21)10-18(20(21)24)26-19(23)11-22/h4,6,9,15-18,20,24H,3,5,7-8,10-11H2,1-2H3/t15-,16-,17+,18-,20+,21+/m1/s1. The monoisotopic (exact) mass is 422 g/mol. The molecule has 0 aromatic heterocycles. The van der Waals surface area contributed by atoms with Gasteiger partial charge in [-0.2, -0.15) is 0 Å². The van der Waals surface area contributed by atoms with Crippen molar-refractivity contribution in [2.45, 2.75) is 57.2 Å². The predicted molar refractivity (Wildman–Crippen MR) is 103 cm³/mol. The Morgan fingerprint density at radius 1 is 1.38 bits per heavy atom. The van der Waals surface area contributed by atoms with Crippen LogP contribution in [0.4, 0.5) is 0 Å². The summed E-state index contributed by atoms with van der Waals surface area (Å²) in [6.45, 7) is 2.20. The Kier molecular flexibility index (Phi) is 4.81.